The monoisotopic (exact) mass is 261 g/mol. The summed E-state index contributed by atoms with van der Waals surface area (Å²) in [5, 5.41) is 3.91. The average molecular weight is 261 g/mol. The molecule has 0 saturated carbocycles. The molecule has 19 heavy (non-hydrogen) atoms. The second kappa shape index (κ2) is 5.51. The second-order valence-electron chi connectivity index (χ2n) is 3.96. The molecule has 0 amide bonds. The molecule has 0 aromatic carbocycles. The highest BCUT2D eigenvalue weighted by Crippen LogP contribution is 2.16. The molecule has 2 aromatic heterocycles. The minimum Gasteiger partial charge on any atom is -0.490 e. The molecule has 100 valence electrons. The first-order valence-corrected chi connectivity index (χ1v) is 5.92. The van der Waals surface area contributed by atoms with Crippen LogP contribution in [-0.4, -0.2) is 22.2 Å². The molecule has 0 aliphatic carbocycles. The van der Waals surface area contributed by atoms with Gasteiger partial charge in [0.05, 0.1) is 19.0 Å². The summed E-state index contributed by atoms with van der Waals surface area (Å²) in [7, 11) is 1.43. The number of methoxy groups -OCH3 is 1. The quantitative estimate of drug-likeness (QED) is 0.907. The van der Waals surface area contributed by atoms with Gasteiger partial charge in [-0.1, -0.05) is 12.1 Å². The van der Waals surface area contributed by atoms with E-state index in [2.05, 4.69) is 15.1 Å². The molecule has 0 fully saturated rings. The molecule has 0 aliphatic heterocycles. The zero-order chi connectivity index (χ0) is 13.8. The fourth-order valence-electron chi connectivity index (χ4n) is 1.68. The lowest BCUT2D eigenvalue weighted by molar-refractivity contribution is 0.383. The largest absolute Gasteiger partial charge is 0.490 e. The van der Waals surface area contributed by atoms with Gasteiger partial charge in [-0.05, 0) is 19.1 Å². The summed E-state index contributed by atoms with van der Waals surface area (Å²) < 4.78 is 10.0. The van der Waals surface area contributed by atoms with Gasteiger partial charge in [-0.3, -0.25) is 4.79 Å². The number of hydrogen-bond donors (Lipinski definition) is 1. The van der Waals surface area contributed by atoms with Crippen LogP contribution in [0.5, 0.6) is 5.75 Å². The maximum atomic E-state index is 11.5. The smallest absolute Gasteiger partial charge is 0.293 e. The molecule has 0 spiro atoms. The first-order chi connectivity index (χ1) is 9.15. The van der Waals surface area contributed by atoms with Crippen LogP contribution in [0.1, 0.15) is 29.8 Å². The maximum absolute atomic E-state index is 11.5. The third-order valence-corrected chi connectivity index (χ3v) is 2.72. The summed E-state index contributed by atoms with van der Waals surface area (Å²) >= 11 is 0. The van der Waals surface area contributed by atoms with E-state index in [0.29, 0.717) is 5.82 Å². The molecule has 0 bridgehead atoms. The molecule has 2 aromatic rings. The Bertz CT molecular complexity index is 655. The maximum Gasteiger partial charge on any atom is 0.293 e. The van der Waals surface area contributed by atoms with Crippen LogP contribution in [-0.2, 0) is 6.42 Å². The predicted molar refractivity (Wildman–Crippen MR) is 71.0 cm³/mol. The third-order valence-electron chi connectivity index (χ3n) is 2.72. The molecule has 2 heterocycles. The number of ether oxygens (including phenoxy) is 1. The van der Waals surface area contributed by atoms with E-state index in [1.54, 1.807) is 6.08 Å². The predicted octanol–water partition coefficient (Wildman–Crippen LogP) is 1.81. The molecule has 0 saturated heterocycles. The van der Waals surface area contributed by atoms with E-state index in [4.69, 9.17) is 9.26 Å². The Hall–Kier alpha value is -2.37. The highest BCUT2D eigenvalue weighted by atomic mass is 16.5. The van der Waals surface area contributed by atoms with Gasteiger partial charge < -0.3 is 14.2 Å². The molecule has 0 unspecified atom stereocenters. The number of aryl methyl sites for hydroxylation is 2. The van der Waals surface area contributed by atoms with Crippen LogP contribution in [0.15, 0.2) is 15.5 Å². The summed E-state index contributed by atoms with van der Waals surface area (Å²) in [5.41, 5.74) is 1.42. The first-order valence-electron chi connectivity index (χ1n) is 5.92. The van der Waals surface area contributed by atoms with E-state index >= 15 is 0 Å². The highest BCUT2D eigenvalue weighted by Gasteiger charge is 2.08. The van der Waals surface area contributed by atoms with Crippen molar-refractivity contribution in [2.75, 3.05) is 7.11 Å². The van der Waals surface area contributed by atoms with Gasteiger partial charge in [-0.25, -0.2) is 4.98 Å². The van der Waals surface area contributed by atoms with Crippen LogP contribution >= 0.6 is 0 Å². The topological polar surface area (TPSA) is 81.0 Å². The van der Waals surface area contributed by atoms with Crippen LogP contribution in [0.2, 0.25) is 0 Å². The number of aromatic amines is 1. The van der Waals surface area contributed by atoms with Crippen molar-refractivity contribution in [2.24, 2.45) is 0 Å². The molecule has 1 N–H and O–H groups in total. The lowest BCUT2D eigenvalue weighted by Crippen LogP contribution is -2.11. The van der Waals surface area contributed by atoms with Gasteiger partial charge in [-0.15, -0.1) is 0 Å². The Labute approximate surface area is 110 Å². The number of H-pyrrole nitrogens is 1. The molecule has 2 rings (SSSR count). The zero-order valence-corrected chi connectivity index (χ0v) is 11.1. The number of nitrogens with zero attached hydrogens (tertiary/aromatic N) is 2. The van der Waals surface area contributed by atoms with E-state index in [0.717, 1.165) is 23.4 Å². The van der Waals surface area contributed by atoms with Gasteiger partial charge in [-0.2, -0.15) is 0 Å². The number of nitrogens with one attached hydrogen (secondary N) is 1. The van der Waals surface area contributed by atoms with E-state index in [9.17, 15) is 4.79 Å². The standard InChI is InChI=1S/C13H15N3O3/c1-4-10-9(8(2)16-19-10)5-6-12-14-7-11(18-3)13(17)15-12/h5-7H,4H2,1-3H3,(H,14,15,17)/b6-5+. The first kappa shape index (κ1) is 13.1. The Morgan fingerprint density at radius 3 is 2.89 bits per heavy atom. The molecular weight excluding hydrogens is 246 g/mol. The normalized spacial score (nSPS) is 11.1. The molecule has 0 radical (unpaired) electrons. The second-order valence-corrected chi connectivity index (χ2v) is 3.96. The zero-order valence-electron chi connectivity index (χ0n) is 11.1. The van der Waals surface area contributed by atoms with Crippen molar-refractivity contribution < 1.29 is 9.26 Å². The van der Waals surface area contributed by atoms with Crippen LogP contribution in [0.4, 0.5) is 0 Å². The molecule has 0 aliphatic rings. The van der Waals surface area contributed by atoms with Crippen molar-refractivity contribution in [3.05, 3.63) is 39.4 Å². The Morgan fingerprint density at radius 1 is 1.47 bits per heavy atom. The summed E-state index contributed by atoms with van der Waals surface area (Å²) in [6.45, 7) is 3.86. The van der Waals surface area contributed by atoms with Gasteiger partial charge in [0.1, 0.15) is 11.6 Å². The fraction of sp³-hybridized carbons (Fsp3) is 0.308. The fourth-order valence-corrected chi connectivity index (χ4v) is 1.68. The van der Waals surface area contributed by atoms with Crippen molar-refractivity contribution >= 4 is 12.2 Å². The summed E-state index contributed by atoms with van der Waals surface area (Å²) in [4.78, 5) is 18.2. The average Bonchev–Trinajstić information content (AvgIpc) is 2.77. The minimum atomic E-state index is -0.310. The van der Waals surface area contributed by atoms with Crippen LogP contribution in [0.25, 0.3) is 12.2 Å². The van der Waals surface area contributed by atoms with Gasteiger partial charge >= 0.3 is 0 Å². The van der Waals surface area contributed by atoms with Gasteiger partial charge in [0, 0.05) is 12.0 Å². The number of aromatic nitrogens is 3. The Morgan fingerprint density at radius 2 is 2.26 bits per heavy atom. The molecule has 0 atom stereocenters. The summed E-state index contributed by atoms with van der Waals surface area (Å²) in [5.74, 6) is 1.45. The highest BCUT2D eigenvalue weighted by molar-refractivity contribution is 5.68. The summed E-state index contributed by atoms with van der Waals surface area (Å²) in [6.07, 6.45) is 5.68. The van der Waals surface area contributed by atoms with E-state index in [-0.39, 0.29) is 11.3 Å². The van der Waals surface area contributed by atoms with Gasteiger partial charge in [0.15, 0.2) is 0 Å². The minimum absolute atomic E-state index is 0.188. The molecular formula is C13H15N3O3. The van der Waals surface area contributed by atoms with Crippen LogP contribution < -0.4 is 10.3 Å². The third kappa shape index (κ3) is 2.73. The number of hydrogen-bond acceptors (Lipinski definition) is 5. The van der Waals surface area contributed by atoms with Crippen LogP contribution in [0, 0.1) is 6.92 Å². The Balaban J connectivity index is 2.30. The van der Waals surface area contributed by atoms with Crippen molar-refractivity contribution in [1.29, 1.82) is 0 Å². The van der Waals surface area contributed by atoms with Crippen molar-refractivity contribution in [3.8, 4) is 5.75 Å². The summed E-state index contributed by atoms with van der Waals surface area (Å²) in [6, 6.07) is 0. The Kier molecular flexibility index (Phi) is 3.79. The van der Waals surface area contributed by atoms with E-state index < -0.39 is 0 Å². The van der Waals surface area contributed by atoms with Crippen molar-refractivity contribution in [3.63, 3.8) is 0 Å². The molecule has 6 nitrogen and oxygen atoms in total. The van der Waals surface area contributed by atoms with Gasteiger partial charge in [0.25, 0.3) is 5.56 Å². The lowest BCUT2D eigenvalue weighted by atomic mass is 10.1. The van der Waals surface area contributed by atoms with Crippen molar-refractivity contribution in [1.82, 2.24) is 15.1 Å². The lowest BCUT2D eigenvalue weighted by Gasteiger charge is -1.98. The van der Waals surface area contributed by atoms with E-state index in [1.807, 2.05) is 19.9 Å². The SMILES string of the molecule is CCc1onc(C)c1/C=C/c1ncc(OC)c(=O)[nH]1. The van der Waals surface area contributed by atoms with Gasteiger partial charge in [0.2, 0.25) is 5.75 Å². The van der Waals surface area contributed by atoms with Crippen molar-refractivity contribution in [2.45, 2.75) is 20.3 Å². The van der Waals surface area contributed by atoms with E-state index in [1.165, 1.54) is 13.3 Å². The number of rotatable bonds is 4. The molecule has 6 heteroatoms. The van der Waals surface area contributed by atoms with Crippen LogP contribution in [0.3, 0.4) is 0 Å².